The second-order valence-corrected chi connectivity index (χ2v) is 4.25. The summed E-state index contributed by atoms with van der Waals surface area (Å²) in [6.45, 7) is 2.82. The van der Waals surface area contributed by atoms with Crippen LogP contribution in [0.5, 0.6) is 0 Å². The summed E-state index contributed by atoms with van der Waals surface area (Å²) in [6.07, 6.45) is -0.456. The number of nitrogens with zero attached hydrogens (tertiary/aromatic N) is 1. The van der Waals surface area contributed by atoms with Crippen molar-refractivity contribution in [2.75, 3.05) is 26.8 Å². The summed E-state index contributed by atoms with van der Waals surface area (Å²) in [6, 6.07) is 10.2. The van der Waals surface area contributed by atoms with E-state index in [1.54, 1.807) is 0 Å². The topological polar surface area (TPSA) is 50.8 Å². The molecular formula is C13H18N2O3. The quantitative estimate of drug-likeness (QED) is 0.794. The van der Waals surface area contributed by atoms with E-state index in [0.717, 1.165) is 13.1 Å². The lowest BCUT2D eigenvalue weighted by Gasteiger charge is -2.31. The molecule has 5 nitrogen and oxygen atoms in total. The highest BCUT2D eigenvalue weighted by molar-refractivity contribution is 5.80. The van der Waals surface area contributed by atoms with Crippen LogP contribution in [0, 0.1) is 0 Å². The van der Waals surface area contributed by atoms with Gasteiger partial charge in [0.25, 0.3) is 5.91 Å². The SMILES string of the molecule is CONC(=O)C1CN(Cc2ccccc2)CCO1. The molecule has 1 fully saturated rings. The molecule has 0 bridgehead atoms. The third kappa shape index (κ3) is 3.53. The number of amides is 1. The van der Waals surface area contributed by atoms with Gasteiger partial charge in [-0.05, 0) is 5.56 Å². The number of morpholine rings is 1. The van der Waals surface area contributed by atoms with Gasteiger partial charge in [-0.25, -0.2) is 5.48 Å². The minimum atomic E-state index is -0.456. The summed E-state index contributed by atoms with van der Waals surface area (Å²) in [4.78, 5) is 18.4. The maximum Gasteiger partial charge on any atom is 0.273 e. The van der Waals surface area contributed by atoms with E-state index in [1.165, 1.54) is 12.7 Å². The summed E-state index contributed by atoms with van der Waals surface area (Å²) < 4.78 is 5.43. The van der Waals surface area contributed by atoms with Crippen molar-refractivity contribution in [3.05, 3.63) is 35.9 Å². The average Bonchev–Trinajstić information content (AvgIpc) is 2.40. The molecule has 98 valence electrons. The van der Waals surface area contributed by atoms with Crippen LogP contribution in [0.3, 0.4) is 0 Å². The van der Waals surface area contributed by atoms with Crippen LogP contribution in [0.4, 0.5) is 0 Å². The minimum Gasteiger partial charge on any atom is -0.366 e. The Labute approximate surface area is 107 Å². The van der Waals surface area contributed by atoms with Crippen LogP contribution >= 0.6 is 0 Å². The Morgan fingerprint density at radius 1 is 1.50 bits per heavy atom. The highest BCUT2D eigenvalue weighted by atomic mass is 16.6. The van der Waals surface area contributed by atoms with E-state index in [9.17, 15) is 4.79 Å². The van der Waals surface area contributed by atoms with Crippen LogP contribution in [0.2, 0.25) is 0 Å². The molecule has 1 unspecified atom stereocenters. The first-order valence-corrected chi connectivity index (χ1v) is 6.00. The first kappa shape index (κ1) is 13.0. The molecule has 1 amide bonds. The molecule has 1 aromatic carbocycles. The molecule has 1 aromatic rings. The number of benzene rings is 1. The van der Waals surface area contributed by atoms with E-state index < -0.39 is 6.10 Å². The molecule has 1 N–H and O–H groups in total. The van der Waals surface area contributed by atoms with Crippen LogP contribution in [-0.2, 0) is 20.9 Å². The zero-order valence-corrected chi connectivity index (χ0v) is 10.5. The second-order valence-electron chi connectivity index (χ2n) is 4.25. The zero-order chi connectivity index (χ0) is 12.8. The van der Waals surface area contributed by atoms with Gasteiger partial charge in [0.05, 0.1) is 13.7 Å². The minimum absolute atomic E-state index is 0.227. The van der Waals surface area contributed by atoms with Gasteiger partial charge >= 0.3 is 0 Å². The van der Waals surface area contributed by atoms with E-state index >= 15 is 0 Å². The van der Waals surface area contributed by atoms with Gasteiger partial charge in [0.2, 0.25) is 0 Å². The van der Waals surface area contributed by atoms with Gasteiger partial charge in [-0.3, -0.25) is 14.5 Å². The first-order chi connectivity index (χ1) is 8.79. The number of carbonyl (C=O) groups excluding carboxylic acids is 1. The number of hydroxylamine groups is 1. The summed E-state index contributed by atoms with van der Waals surface area (Å²) in [5, 5.41) is 0. The molecular weight excluding hydrogens is 232 g/mol. The van der Waals surface area contributed by atoms with E-state index in [1.807, 2.05) is 18.2 Å². The van der Waals surface area contributed by atoms with Crippen molar-refractivity contribution in [3.63, 3.8) is 0 Å². The van der Waals surface area contributed by atoms with Gasteiger partial charge < -0.3 is 4.74 Å². The van der Waals surface area contributed by atoms with Crippen molar-refractivity contribution in [2.45, 2.75) is 12.6 Å². The summed E-state index contributed by atoms with van der Waals surface area (Å²) in [7, 11) is 1.42. The van der Waals surface area contributed by atoms with Gasteiger partial charge in [0.1, 0.15) is 0 Å². The molecule has 1 aliphatic rings. The fourth-order valence-corrected chi connectivity index (χ4v) is 2.01. The van der Waals surface area contributed by atoms with Crippen molar-refractivity contribution >= 4 is 5.91 Å². The third-order valence-electron chi connectivity index (χ3n) is 2.89. The van der Waals surface area contributed by atoms with Gasteiger partial charge in [-0.15, -0.1) is 0 Å². The first-order valence-electron chi connectivity index (χ1n) is 6.00. The second kappa shape index (κ2) is 6.49. The molecule has 0 aromatic heterocycles. The molecule has 18 heavy (non-hydrogen) atoms. The van der Waals surface area contributed by atoms with E-state index in [4.69, 9.17) is 4.74 Å². The Hall–Kier alpha value is -1.43. The normalized spacial score (nSPS) is 20.6. The Bertz CT molecular complexity index is 383. The lowest BCUT2D eigenvalue weighted by molar-refractivity contribution is -0.149. The molecule has 0 spiro atoms. The average molecular weight is 250 g/mol. The predicted octanol–water partition coefficient (Wildman–Crippen LogP) is 0.565. The van der Waals surface area contributed by atoms with Crippen LogP contribution in [0.1, 0.15) is 5.56 Å². The molecule has 2 rings (SSSR count). The van der Waals surface area contributed by atoms with Crippen LogP contribution < -0.4 is 5.48 Å². The van der Waals surface area contributed by atoms with Crippen molar-refractivity contribution in [2.24, 2.45) is 0 Å². The van der Waals surface area contributed by atoms with Crippen molar-refractivity contribution in [1.82, 2.24) is 10.4 Å². The molecule has 1 atom stereocenters. The highest BCUT2D eigenvalue weighted by Gasteiger charge is 2.26. The zero-order valence-electron chi connectivity index (χ0n) is 10.5. The lowest BCUT2D eigenvalue weighted by Crippen LogP contribution is -2.49. The van der Waals surface area contributed by atoms with Crippen molar-refractivity contribution in [1.29, 1.82) is 0 Å². The van der Waals surface area contributed by atoms with E-state index in [0.29, 0.717) is 13.2 Å². The lowest BCUT2D eigenvalue weighted by atomic mass is 10.2. The molecule has 1 heterocycles. The summed E-state index contributed by atoms with van der Waals surface area (Å²) >= 11 is 0. The molecule has 5 heteroatoms. The molecule has 0 radical (unpaired) electrons. The summed E-state index contributed by atoms with van der Waals surface area (Å²) in [5.41, 5.74) is 3.55. The van der Waals surface area contributed by atoms with E-state index in [-0.39, 0.29) is 5.91 Å². The van der Waals surface area contributed by atoms with Crippen molar-refractivity contribution in [3.8, 4) is 0 Å². The largest absolute Gasteiger partial charge is 0.366 e. The number of hydrogen-bond acceptors (Lipinski definition) is 4. The molecule has 1 aliphatic heterocycles. The monoisotopic (exact) mass is 250 g/mol. The predicted molar refractivity (Wildman–Crippen MR) is 66.6 cm³/mol. The number of hydrogen-bond donors (Lipinski definition) is 1. The third-order valence-corrected chi connectivity index (χ3v) is 2.89. The summed E-state index contributed by atoms with van der Waals surface area (Å²) in [5.74, 6) is -0.227. The number of nitrogens with one attached hydrogen (secondary N) is 1. The fourth-order valence-electron chi connectivity index (χ4n) is 2.01. The van der Waals surface area contributed by atoms with Crippen LogP contribution in [-0.4, -0.2) is 43.7 Å². The molecule has 0 saturated carbocycles. The number of rotatable bonds is 4. The Balaban J connectivity index is 1.89. The van der Waals surface area contributed by atoms with Gasteiger partial charge in [-0.2, -0.15) is 0 Å². The van der Waals surface area contributed by atoms with Gasteiger partial charge in [0.15, 0.2) is 6.10 Å². The van der Waals surface area contributed by atoms with Gasteiger partial charge in [-0.1, -0.05) is 30.3 Å². The van der Waals surface area contributed by atoms with Crippen LogP contribution in [0.15, 0.2) is 30.3 Å². The Morgan fingerprint density at radius 2 is 2.28 bits per heavy atom. The number of ether oxygens (including phenoxy) is 1. The fraction of sp³-hybridized carbons (Fsp3) is 0.462. The molecule has 1 saturated heterocycles. The standard InChI is InChI=1S/C13H18N2O3/c1-17-14-13(16)12-10-15(7-8-18-12)9-11-5-3-2-4-6-11/h2-6,12H,7-10H2,1H3,(H,14,16). The van der Waals surface area contributed by atoms with E-state index in [2.05, 4.69) is 27.4 Å². The Morgan fingerprint density at radius 3 is 3.00 bits per heavy atom. The van der Waals surface area contributed by atoms with Crippen molar-refractivity contribution < 1.29 is 14.4 Å². The van der Waals surface area contributed by atoms with Gasteiger partial charge in [0, 0.05) is 19.6 Å². The maximum atomic E-state index is 11.6. The Kier molecular flexibility index (Phi) is 4.69. The maximum absolute atomic E-state index is 11.6. The molecule has 0 aliphatic carbocycles. The van der Waals surface area contributed by atoms with Crippen LogP contribution in [0.25, 0.3) is 0 Å². The number of carbonyl (C=O) groups is 1. The highest BCUT2D eigenvalue weighted by Crippen LogP contribution is 2.10. The smallest absolute Gasteiger partial charge is 0.273 e.